The number of rotatable bonds is 3. The van der Waals surface area contributed by atoms with Gasteiger partial charge in [-0.05, 0) is 36.4 Å². The number of halogens is 2. The summed E-state index contributed by atoms with van der Waals surface area (Å²) in [4.78, 5) is 13.1. The Kier molecular flexibility index (Phi) is 4.37. The van der Waals surface area contributed by atoms with Crippen LogP contribution in [0.15, 0.2) is 82.5 Å². The Labute approximate surface area is 159 Å². The number of nitrogens with zero attached hydrogens (tertiary/aromatic N) is 2. The van der Waals surface area contributed by atoms with Crippen LogP contribution in [-0.2, 0) is 0 Å². The molecule has 0 aliphatic carbocycles. The number of benzene rings is 2. The number of carbonyl (C=O) groups excluding carboxylic acids is 1. The van der Waals surface area contributed by atoms with Crippen LogP contribution in [0.5, 0.6) is 0 Å². The predicted molar refractivity (Wildman–Crippen MR) is 101 cm³/mol. The smallest absolute Gasteiger partial charge is 0.452 e. The second-order valence-electron chi connectivity index (χ2n) is 6.34. The van der Waals surface area contributed by atoms with Gasteiger partial charge in [-0.2, -0.15) is 0 Å². The fraction of sp³-hybridized carbons (Fsp3) is 0.0476. The van der Waals surface area contributed by atoms with Crippen LogP contribution in [0.25, 0.3) is 5.70 Å². The molecule has 1 aliphatic rings. The Morgan fingerprint density at radius 2 is 1.71 bits per heavy atom. The van der Waals surface area contributed by atoms with Crippen LogP contribution >= 0.6 is 0 Å². The average Bonchev–Trinajstić information content (AvgIpc) is 3.34. The Bertz CT molecular complexity index is 1070. The third-order valence-corrected chi connectivity index (χ3v) is 4.48. The fourth-order valence-electron chi connectivity index (χ4n) is 3.03. The van der Waals surface area contributed by atoms with Crippen LogP contribution < -0.4 is 5.32 Å². The molecule has 4 rings (SSSR count). The minimum atomic E-state index is -0.861. The van der Waals surface area contributed by atoms with Gasteiger partial charge in [0, 0.05) is 11.6 Å². The first-order valence-electron chi connectivity index (χ1n) is 8.53. The number of hydrogen-bond acceptors (Lipinski definition) is 3. The topological polar surface area (TPSA) is 54.6 Å². The molecule has 5 nitrogen and oxygen atoms in total. The van der Waals surface area contributed by atoms with Crippen LogP contribution in [-0.4, -0.2) is 23.4 Å². The quantitative estimate of drug-likeness (QED) is 0.651. The monoisotopic (exact) mass is 380 g/mol. The van der Waals surface area contributed by atoms with Gasteiger partial charge in [-0.15, -0.1) is 0 Å². The van der Waals surface area contributed by atoms with Crippen molar-refractivity contribution < 1.29 is 22.6 Å². The Balaban J connectivity index is 1.77. The van der Waals surface area contributed by atoms with Crippen molar-refractivity contribution in [2.75, 3.05) is 12.4 Å². The minimum absolute atomic E-state index is 0.454. The first kappa shape index (κ1) is 17.8. The number of hydrogen-bond donors (Lipinski definition) is 1. The SMILES string of the molecule is C[N+]1(C(=O)Nc2c(F)cccc2F)N=C(c2ccco2)C=C1c1ccccc1. The summed E-state index contributed by atoms with van der Waals surface area (Å²) in [5.41, 5.74) is 1.23. The Morgan fingerprint density at radius 1 is 1.00 bits per heavy atom. The van der Waals surface area contributed by atoms with Crippen molar-refractivity contribution in [2.24, 2.45) is 5.10 Å². The average molecular weight is 380 g/mol. The number of para-hydroxylation sites is 1. The van der Waals surface area contributed by atoms with Gasteiger partial charge < -0.3 is 4.42 Å². The summed E-state index contributed by atoms with van der Waals surface area (Å²) < 4.78 is 32.8. The molecule has 2 amide bonds. The van der Waals surface area contributed by atoms with Gasteiger partial charge in [-0.3, -0.25) is 5.32 Å². The highest BCUT2D eigenvalue weighted by Gasteiger charge is 2.44. The van der Waals surface area contributed by atoms with Crippen molar-refractivity contribution in [3.8, 4) is 0 Å². The molecule has 0 radical (unpaired) electrons. The highest BCUT2D eigenvalue weighted by molar-refractivity contribution is 6.12. The number of anilines is 1. The van der Waals surface area contributed by atoms with E-state index in [9.17, 15) is 13.6 Å². The van der Waals surface area contributed by atoms with E-state index in [-0.39, 0.29) is 0 Å². The van der Waals surface area contributed by atoms with Crippen molar-refractivity contribution in [3.63, 3.8) is 0 Å². The maximum atomic E-state index is 14.0. The molecule has 0 spiro atoms. The number of allylic oxidation sites excluding steroid dienone is 1. The van der Waals surface area contributed by atoms with Gasteiger partial charge >= 0.3 is 6.03 Å². The molecule has 140 valence electrons. The van der Waals surface area contributed by atoms with Gasteiger partial charge in [0.25, 0.3) is 0 Å². The molecule has 7 heteroatoms. The zero-order valence-corrected chi connectivity index (χ0v) is 14.9. The molecule has 0 fully saturated rings. The van der Waals surface area contributed by atoms with E-state index >= 15 is 0 Å². The van der Waals surface area contributed by atoms with Crippen molar-refractivity contribution in [1.82, 2.24) is 0 Å². The molecular weight excluding hydrogens is 364 g/mol. The molecule has 1 atom stereocenters. The summed E-state index contributed by atoms with van der Waals surface area (Å²) in [6.07, 6.45) is 3.23. The lowest BCUT2D eigenvalue weighted by Gasteiger charge is -2.24. The molecule has 2 aromatic carbocycles. The zero-order chi connectivity index (χ0) is 19.7. The largest absolute Gasteiger partial charge is 0.463 e. The van der Waals surface area contributed by atoms with Gasteiger partial charge in [0.15, 0.2) is 17.2 Å². The Morgan fingerprint density at radius 3 is 2.36 bits per heavy atom. The lowest BCUT2D eigenvalue weighted by Crippen LogP contribution is -2.44. The molecule has 1 unspecified atom stereocenters. The Hall–Kier alpha value is -3.58. The molecule has 3 aromatic rings. The third kappa shape index (κ3) is 3.01. The molecule has 1 aromatic heterocycles. The lowest BCUT2D eigenvalue weighted by molar-refractivity contribution is -0.756. The summed E-state index contributed by atoms with van der Waals surface area (Å²) in [6, 6.07) is 15.3. The van der Waals surface area contributed by atoms with Crippen molar-refractivity contribution >= 4 is 23.1 Å². The molecule has 0 saturated heterocycles. The molecule has 1 N–H and O–H groups in total. The number of quaternary nitrogens is 1. The highest BCUT2D eigenvalue weighted by atomic mass is 19.1. The van der Waals surface area contributed by atoms with Crippen molar-refractivity contribution in [2.45, 2.75) is 0 Å². The highest BCUT2D eigenvalue weighted by Crippen LogP contribution is 2.34. The number of amides is 2. The molecule has 0 bridgehead atoms. The predicted octanol–water partition coefficient (Wildman–Crippen LogP) is 5.00. The van der Waals surface area contributed by atoms with E-state index in [4.69, 9.17) is 4.42 Å². The molecule has 2 heterocycles. The van der Waals surface area contributed by atoms with Crippen molar-refractivity contribution in [3.05, 3.63) is 96.0 Å². The van der Waals surface area contributed by atoms with Crippen molar-refractivity contribution in [1.29, 1.82) is 0 Å². The third-order valence-electron chi connectivity index (χ3n) is 4.48. The molecule has 0 saturated carbocycles. The number of nitrogens with one attached hydrogen (secondary N) is 1. The van der Waals surface area contributed by atoms with Crippen LogP contribution in [0.3, 0.4) is 0 Å². The summed E-state index contributed by atoms with van der Waals surface area (Å²) in [5.74, 6) is -1.24. The van der Waals surface area contributed by atoms with Crippen LogP contribution in [0.2, 0.25) is 0 Å². The van der Waals surface area contributed by atoms with Crippen LogP contribution in [0, 0.1) is 11.6 Å². The van der Waals surface area contributed by atoms with Gasteiger partial charge in [-0.25, -0.2) is 13.6 Å². The standard InChI is InChI=1S/C21H15F2N3O2/c1-26(21(27)24-20-15(22)9-5-10-16(20)23)18(14-7-3-2-4-8-14)13-17(25-26)19-11-6-12-28-19/h2-13H,1H3/p+1. The van der Waals surface area contributed by atoms with E-state index in [1.807, 2.05) is 30.3 Å². The zero-order valence-electron chi connectivity index (χ0n) is 14.9. The van der Waals surface area contributed by atoms with Gasteiger partial charge in [0.05, 0.1) is 6.26 Å². The summed E-state index contributed by atoms with van der Waals surface area (Å²) in [6.45, 7) is 0. The van der Waals surface area contributed by atoms with E-state index < -0.39 is 27.9 Å². The van der Waals surface area contributed by atoms with Gasteiger partial charge in [0.2, 0.25) is 0 Å². The molecule has 1 aliphatic heterocycles. The molecule has 28 heavy (non-hydrogen) atoms. The minimum Gasteiger partial charge on any atom is -0.463 e. The summed E-state index contributed by atoms with van der Waals surface area (Å²) >= 11 is 0. The number of furan rings is 1. The first-order chi connectivity index (χ1) is 13.5. The van der Waals surface area contributed by atoms with E-state index in [1.165, 1.54) is 12.3 Å². The van der Waals surface area contributed by atoms with E-state index in [0.717, 1.165) is 17.7 Å². The fourth-order valence-corrected chi connectivity index (χ4v) is 3.03. The number of urea groups is 1. The second kappa shape index (κ2) is 6.86. The van der Waals surface area contributed by atoms with E-state index in [0.29, 0.717) is 17.2 Å². The maximum absolute atomic E-state index is 14.0. The van der Waals surface area contributed by atoms with Crippen LogP contribution in [0.1, 0.15) is 11.3 Å². The van der Waals surface area contributed by atoms with Gasteiger partial charge in [-0.1, -0.05) is 34.0 Å². The maximum Gasteiger partial charge on any atom is 0.452 e. The summed E-state index contributed by atoms with van der Waals surface area (Å²) in [5, 5.41) is 6.82. The van der Waals surface area contributed by atoms with Gasteiger partial charge in [0.1, 0.15) is 24.4 Å². The normalized spacial score (nSPS) is 18.5. The number of carbonyl (C=O) groups is 1. The van der Waals surface area contributed by atoms with E-state index in [1.54, 1.807) is 25.3 Å². The lowest BCUT2D eigenvalue weighted by atomic mass is 10.1. The van der Waals surface area contributed by atoms with E-state index in [2.05, 4.69) is 10.4 Å². The van der Waals surface area contributed by atoms with Crippen LogP contribution in [0.4, 0.5) is 19.3 Å². The summed E-state index contributed by atoms with van der Waals surface area (Å²) in [7, 11) is 1.54. The molecular formula is C21H16F2N3O2+. The first-order valence-corrected chi connectivity index (χ1v) is 8.53. The second-order valence-corrected chi connectivity index (χ2v) is 6.34.